The van der Waals surface area contributed by atoms with Crippen molar-refractivity contribution >= 4 is 0 Å². The second kappa shape index (κ2) is 3.10. The summed E-state index contributed by atoms with van der Waals surface area (Å²) in [6.45, 7) is 5.94. The van der Waals surface area contributed by atoms with Gasteiger partial charge in [-0.2, -0.15) is 0 Å². The quantitative estimate of drug-likeness (QED) is 0.313. The van der Waals surface area contributed by atoms with Crippen molar-refractivity contribution in [2.45, 2.75) is 19.4 Å². The van der Waals surface area contributed by atoms with Crippen molar-refractivity contribution in [1.29, 1.82) is 0 Å². The van der Waals surface area contributed by atoms with Gasteiger partial charge in [-0.25, -0.2) is 0 Å². The van der Waals surface area contributed by atoms with Gasteiger partial charge in [-0.3, -0.25) is 0 Å². The molecule has 12 heavy (non-hydrogen) atoms. The van der Waals surface area contributed by atoms with E-state index in [4.69, 9.17) is 18.6 Å². The molecule has 0 atom stereocenters. The second-order valence-electron chi connectivity index (χ2n) is 4.09. The molecule has 1 saturated heterocycles. The Labute approximate surface area is 74.2 Å². The average Bonchev–Trinajstić information content (AvgIpc) is 1.93. The van der Waals surface area contributed by atoms with E-state index in [1.165, 1.54) is 11.0 Å². The van der Waals surface area contributed by atoms with Gasteiger partial charge in [0, 0.05) is 0 Å². The van der Waals surface area contributed by atoms with Crippen LogP contribution in [-0.2, 0) is 0 Å². The van der Waals surface area contributed by atoms with Gasteiger partial charge in [-0.15, -0.1) is 0 Å². The first-order valence-corrected chi connectivity index (χ1v) is 4.77. The monoisotopic (exact) mass is 202 g/mol. The topological polar surface area (TPSA) is 83.8 Å². The fraction of sp³-hybridized carbons (Fsp3) is 1.00. The van der Waals surface area contributed by atoms with Gasteiger partial charge in [0.25, 0.3) is 0 Å². The Kier molecular flexibility index (Phi) is 3.12. The molecule has 0 amide bonds. The van der Waals surface area contributed by atoms with Crippen LogP contribution in [0.4, 0.5) is 0 Å². The minimum atomic E-state index is -4.19. The molecule has 1 rings (SSSR count). The summed E-state index contributed by atoms with van der Waals surface area (Å²) in [5, 5.41) is 0. The third-order valence-electron chi connectivity index (χ3n) is 2.32. The van der Waals surface area contributed by atoms with Crippen molar-refractivity contribution in [3.63, 3.8) is 0 Å². The number of likely N-dealkylation sites (N-methyl/N-ethyl adjacent to an activating group) is 1. The number of hydrogen-bond donors (Lipinski definition) is 3. The molecule has 6 heteroatoms. The summed E-state index contributed by atoms with van der Waals surface area (Å²) in [5.74, 6) is 0. The molecule has 3 N–H and O–H groups in total. The molecular formula is C6H17ClNO4+. The maximum absolute atomic E-state index is 8.83. The molecule has 0 aromatic rings. The summed E-state index contributed by atoms with van der Waals surface area (Å²) in [6, 6.07) is 0. The zero-order chi connectivity index (χ0) is 10.2. The van der Waals surface area contributed by atoms with Crippen LogP contribution in [0.5, 0.6) is 0 Å². The van der Waals surface area contributed by atoms with E-state index in [1.807, 2.05) is 0 Å². The molecule has 0 aromatic carbocycles. The molecule has 0 aromatic heterocycles. The standard InChI is InChI=1S/C6H14N.ClH3O4/c1-6(2)5-7(6,3)4;2-1(3,4)5/h5H2,1-4H3;2-4H/q+1;. The molecule has 1 fully saturated rings. The Morgan fingerprint density at radius 3 is 1.33 bits per heavy atom. The van der Waals surface area contributed by atoms with E-state index in [0.29, 0.717) is 5.54 Å². The van der Waals surface area contributed by atoms with Crippen LogP contribution in [0.15, 0.2) is 0 Å². The predicted octanol–water partition coefficient (Wildman–Crippen LogP) is -2.00. The molecule has 76 valence electrons. The minimum absolute atomic E-state index is 0.583. The van der Waals surface area contributed by atoms with Crippen molar-refractivity contribution in [2.75, 3.05) is 20.6 Å². The molecule has 0 saturated carbocycles. The fourth-order valence-corrected chi connectivity index (χ4v) is 0.932. The molecule has 5 nitrogen and oxygen atoms in total. The van der Waals surface area contributed by atoms with Gasteiger partial charge in [0.05, 0.1) is 14.1 Å². The fourth-order valence-electron chi connectivity index (χ4n) is 0.932. The molecule has 0 radical (unpaired) electrons. The summed E-state index contributed by atoms with van der Waals surface area (Å²) >= 11 is 0. The number of quaternary nitrogens is 1. The van der Waals surface area contributed by atoms with E-state index in [2.05, 4.69) is 27.9 Å². The number of halogens is 1. The number of nitrogens with zero attached hydrogens (tertiary/aromatic N) is 1. The molecular weight excluding hydrogens is 186 g/mol. The molecule has 0 bridgehead atoms. The first-order valence-electron chi connectivity index (χ1n) is 3.45. The molecule has 1 heterocycles. The third-order valence-corrected chi connectivity index (χ3v) is 2.32. The van der Waals surface area contributed by atoms with Gasteiger partial charge in [0.2, 0.25) is 0 Å². The van der Waals surface area contributed by atoms with Crippen molar-refractivity contribution in [3.05, 3.63) is 0 Å². The summed E-state index contributed by atoms with van der Waals surface area (Å²) in [7, 11) is 0.333. The van der Waals surface area contributed by atoms with Crippen LogP contribution in [0.25, 0.3) is 0 Å². The Hall–Kier alpha value is 0.0900. The Morgan fingerprint density at radius 2 is 1.33 bits per heavy atom. The number of hydrogen-bond acceptors (Lipinski definition) is 4. The van der Waals surface area contributed by atoms with Crippen LogP contribution in [0.3, 0.4) is 0 Å². The maximum atomic E-state index is 8.83. The summed E-state index contributed by atoms with van der Waals surface area (Å²) in [4.78, 5) is 0. The van der Waals surface area contributed by atoms with Crippen molar-refractivity contribution < 1.29 is 33.4 Å². The molecule has 0 aliphatic carbocycles. The van der Waals surface area contributed by atoms with Crippen molar-refractivity contribution in [1.82, 2.24) is 0 Å². The van der Waals surface area contributed by atoms with E-state index in [1.54, 1.807) is 0 Å². The van der Waals surface area contributed by atoms with Gasteiger partial charge in [0.1, 0.15) is 12.1 Å². The predicted molar refractivity (Wildman–Crippen MR) is 37.7 cm³/mol. The van der Waals surface area contributed by atoms with E-state index in [0.717, 1.165) is 0 Å². The van der Waals surface area contributed by atoms with Crippen LogP contribution >= 0.6 is 0 Å². The average molecular weight is 203 g/mol. The van der Waals surface area contributed by atoms with E-state index in [-0.39, 0.29) is 0 Å². The summed E-state index contributed by atoms with van der Waals surface area (Å²) < 4.78 is 31.4. The third kappa shape index (κ3) is 4.87. The zero-order valence-corrected chi connectivity index (χ0v) is 8.54. The Bertz CT molecular complexity index is 145. The molecule has 0 unspecified atom stereocenters. The van der Waals surface area contributed by atoms with Gasteiger partial charge >= 0.3 is 28.9 Å². The normalized spacial score (nSPS) is 25.3. The van der Waals surface area contributed by atoms with E-state index < -0.39 is 10.2 Å². The first kappa shape index (κ1) is 12.1. The van der Waals surface area contributed by atoms with Crippen LogP contribution in [0, 0.1) is 10.2 Å². The zero-order valence-electron chi connectivity index (χ0n) is 7.78. The molecule has 1 aliphatic rings. The van der Waals surface area contributed by atoms with Gasteiger partial charge in [-0.05, 0) is 13.8 Å². The van der Waals surface area contributed by atoms with Gasteiger partial charge < -0.3 is 4.48 Å². The van der Waals surface area contributed by atoms with Crippen LogP contribution < -0.4 is 4.66 Å². The van der Waals surface area contributed by atoms with Crippen molar-refractivity contribution in [2.24, 2.45) is 0 Å². The van der Waals surface area contributed by atoms with Crippen LogP contribution in [0.2, 0.25) is 0 Å². The summed E-state index contributed by atoms with van der Waals surface area (Å²) in [6.07, 6.45) is 0. The molecule has 1 aliphatic heterocycles. The van der Waals surface area contributed by atoms with E-state index in [9.17, 15) is 0 Å². The second-order valence-corrected chi connectivity index (χ2v) is 4.96. The van der Waals surface area contributed by atoms with Gasteiger partial charge in [-0.1, -0.05) is 0 Å². The first-order chi connectivity index (χ1) is 4.96. The van der Waals surface area contributed by atoms with E-state index >= 15 is 0 Å². The van der Waals surface area contributed by atoms with Crippen molar-refractivity contribution in [3.8, 4) is 0 Å². The summed E-state index contributed by atoms with van der Waals surface area (Å²) in [5.41, 5.74) is 0.583. The number of rotatable bonds is 0. The van der Waals surface area contributed by atoms with Crippen LogP contribution in [0.1, 0.15) is 13.8 Å². The molecule has 0 spiro atoms. The van der Waals surface area contributed by atoms with Crippen LogP contribution in [-0.4, -0.2) is 44.6 Å². The van der Waals surface area contributed by atoms with Gasteiger partial charge in [0.15, 0.2) is 0 Å². The Morgan fingerprint density at radius 1 is 1.25 bits per heavy atom. The Balaban J connectivity index is 0.000000217. The SMILES string of the molecule is CC1(C)C[N+]1(C)C.[O-][Cl+](O)(O)O.